The minimum absolute atomic E-state index is 0.0605. The molecule has 0 saturated carbocycles. The second-order valence-corrected chi connectivity index (χ2v) is 5.97. The first kappa shape index (κ1) is 19.4. The van der Waals surface area contributed by atoms with Gasteiger partial charge < -0.3 is 0 Å². The molecule has 28 heavy (non-hydrogen) atoms. The average Bonchev–Trinajstić information content (AvgIpc) is 2.93. The molecule has 0 unspecified atom stereocenters. The maximum absolute atomic E-state index is 13.1. The molecule has 1 amide bonds. The van der Waals surface area contributed by atoms with Crippen molar-refractivity contribution >= 4 is 23.0 Å². The number of amides is 1. The summed E-state index contributed by atoms with van der Waals surface area (Å²) < 4.78 is 39.0. The lowest BCUT2D eigenvalue weighted by Gasteiger charge is -2.17. The summed E-state index contributed by atoms with van der Waals surface area (Å²) in [4.78, 5) is 18.8. The maximum atomic E-state index is 13.1. The van der Waals surface area contributed by atoms with E-state index in [1.54, 1.807) is 49.4 Å². The fourth-order valence-corrected chi connectivity index (χ4v) is 2.96. The van der Waals surface area contributed by atoms with Crippen LogP contribution >= 0.6 is 0 Å². The smallest absolute Gasteiger partial charge is 0.275 e. The van der Waals surface area contributed by atoms with E-state index in [9.17, 15) is 18.0 Å². The number of para-hydroxylation sites is 1. The van der Waals surface area contributed by atoms with Gasteiger partial charge in [0.25, 0.3) is 5.91 Å². The van der Waals surface area contributed by atoms with Gasteiger partial charge in [-0.3, -0.25) is 9.69 Å². The van der Waals surface area contributed by atoms with Gasteiger partial charge in [0.1, 0.15) is 5.71 Å². The normalized spacial score (nSPS) is 19.1. The zero-order chi connectivity index (χ0) is 20.3. The molecule has 2 aromatic rings. The number of carbonyl (C=O) groups is 1. The number of aliphatic imine (C=N–C) groups is 1. The first-order valence-corrected chi connectivity index (χ1v) is 8.52. The molecule has 0 atom stereocenters. The summed E-state index contributed by atoms with van der Waals surface area (Å²) in [6, 6.07) is 13.6. The molecule has 1 aliphatic rings. The minimum atomic E-state index is -4.48. The van der Waals surface area contributed by atoms with E-state index < -0.39 is 17.6 Å². The van der Waals surface area contributed by atoms with Crippen LogP contribution in [0.15, 0.2) is 95.7 Å². The van der Waals surface area contributed by atoms with Gasteiger partial charge in [-0.25, -0.2) is 4.99 Å². The number of allylic oxidation sites excluding steroid dienone is 4. The molecule has 1 aliphatic heterocycles. The number of rotatable bonds is 3. The molecule has 3 rings (SSSR count). The third kappa shape index (κ3) is 3.67. The summed E-state index contributed by atoms with van der Waals surface area (Å²) in [7, 11) is 0. The predicted octanol–water partition coefficient (Wildman–Crippen LogP) is 5.84. The molecule has 0 bridgehead atoms. The summed E-state index contributed by atoms with van der Waals surface area (Å²) in [6.07, 6.45) is 0.454. The summed E-state index contributed by atoms with van der Waals surface area (Å²) in [6.45, 7) is 5.43. The van der Waals surface area contributed by atoms with Gasteiger partial charge in [0, 0.05) is 11.3 Å². The van der Waals surface area contributed by atoms with E-state index in [4.69, 9.17) is 0 Å². The van der Waals surface area contributed by atoms with Gasteiger partial charge in [0.05, 0.1) is 16.9 Å². The predicted molar refractivity (Wildman–Crippen MR) is 105 cm³/mol. The molecule has 0 N–H and O–H groups in total. The number of hydrogen-bond acceptors (Lipinski definition) is 2. The van der Waals surface area contributed by atoms with Crippen LogP contribution < -0.4 is 4.90 Å². The zero-order valence-corrected chi connectivity index (χ0v) is 15.1. The highest BCUT2D eigenvalue weighted by atomic mass is 19.4. The van der Waals surface area contributed by atoms with E-state index in [0.717, 1.165) is 12.1 Å². The maximum Gasteiger partial charge on any atom is 0.416 e. The van der Waals surface area contributed by atoms with Crippen LogP contribution in [-0.2, 0) is 11.0 Å². The Balaban J connectivity index is 2.13. The van der Waals surface area contributed by atoms with Gasteiger partial charge in [0.2, 0.25) is 0 Å². The van der Waals surface area contributed by atoms with E-state index >= 15 is 0 Å². The van der Waals surface area contributed by atoms with Gasteiger partial charge in [-0.05, 0) is 43.3 Å². The Morgan fingerprint density at radius 3 is 2.39 bits per heavy atom. The molecule has 1 saturated heterocycles. The minimum Gasteiger partial charge on any atom is -0.275 e. The lowest BCUT2D eigenvalue weighted by atomic mass is 10.1. The highest BCUT2D eigenvalue weighted by Gasteiger charge is 2.37. The lowest BCUT2D eigenvalue weighted by molar-refractivity contribution is -0.137. The Kier molecular flexibility index (Phi) is 5.31. The molecular formula is C22H17F3N2O. The molecule has 6 heteroatoms. The van der Waals surface area contributed by atoms with Crippen LogP contribution in [0.1, 0.15) is 12.5 Å². The fourth-order valence-electron chi connectivity index (χ4n) is 2.96. The Hall–Kier alpha value is -3.41. The standard InChI is InChI=1S/C22H17F3N2O/c1-3-9-19-18(4-2)20(21(28)27(19)17-12-6-5-7-13-17)26-16-11-8-10-15(14-16)22(23,24)25/h3-14H,1H2,2H3/b18-4+,19-9+,26-20?. The zero-order valence-electron chi connectivity index (χ0n) is 15.1. The highest BCUT2D eigenvalue weighted by molar-refractivity contribution is 6.55. The molecule has 0 aromatic heterocycles. The highest BCUT2D eigenvalue weighted by Crippen LogP contribution is 2.35. The summed E-state index contributed by atoms with van der Waals surface area (Å²) in [5.41, 5.74) is 1.06. The third-order valence-corrected chi connectivity index (χ3v) is 4.17. The van der Waals surface area contributed by atoms with Crippen molar-refractivity contribution in [3.05, 3.63) is 96.2 Å². The second-order valence-electron chi connectivity index (χ2n) is 5.97. The Labute approximate surface area is 160 Å². The first-order chi connectivity index (χ1) is 13.4. The van der Waals surface area contributed by atoms with Crippen LogP contribution in [0.25, 0.3) is 0 Å². The number of halogens is 3. The van der Waals surface area contributed by atoms with Gasteiger partial charge >= 0.3 is 6.18 Å². The topological polar surface area (TPSA) is 32.7 Å². The Morgan fingerprint density at radius 2 is 1.79 bits per heavy atom. The molecule has 0 aliphatic carbocycles. The molecule has 1 fully saturated rings. The van der Waals surface area contributed by atoms with Gasteiger partial charge in [-0.15, -0.1) is 0 Å². The van der Waals surface area contributed by atoms with Crippen molar-refractivity contribution in [2.45, 2.75) is 13.1 Å². The van der Waals surface area contributed by atoms with Gasteiger partial charge in [-0.2, -0.15) is 13.2 Å². The third-order valence-electron chi connectivity index (χ3n) is 4.17. The lowest BCUT2D eigenvalue weighted by Crippen LogP contribution is -2.26. The quantitative estimate of drug-likeness (QED) is 0.656. The Morgan fingerprint density at radius 1 is 1.07 bits per heavy atom. The van der Waals surface area contributed by atoms with E-state index in [2.05, 4.69) is 11.6 Å². The van der Waals surface area contributed by atoms with E-state index in [1.807, 2.05) is 6.07 Å². The van der Waals surface area contributed by atoms with Crippen molar-refractivity contribution in [2.24, 2.45) is 4.99 Å². The fraction of sp³-hybridized carbons (Fsp3) is 0.0909. The number of benzene rings is 2. The van der Waals surface area contributed by atoms with E-state index in [1.165, 1.54) is 17.0 Å². The molecule has 0 spiro atoms. The van der Waals surface area contributed by atoms with Crippen LogP contribution in [-0.4, -0.2) is 11.6 Å². The largest absolute Gasteiger partial charge is 0.416 e. The van der Waals surface area contributed by atoms with Crippen molar-refractivity contribution in [2.75, 3.05) is 4.90 Å². The number of anilines is 1. The number of alkyl halides is 3. The van der Waals surface area contributed by atoms with E-state index in [-0.39, 0.29) is 11.4 Å². The van der Waals surface area contributed by atoms with Crippen molar-refractivity contribution in [1.29, 1.82) is 0 Å². The summed E-state index contributed by atoms with van der Waals surface area (Å²) in [5, 5.41) is 0. The van der Waals surface area contributed by atoms with Crippen molar-refractivity contribution in [3.8, 4) is 0 Å². The monoisotopic (exact) mass is 382 g/mol. The van der Waals surface area contributed by atoms with Crippen LogP contribution in [0.5, 0.6) is 0 Å². The Bertz CT molecular complexity index is 1000. The van der Waals surface area contributed by atoms with Crippen LogP contribution in [0, 0.1) is 0 Å². The molecule has 142 valence electrons. The summed E-state index contributed by atoms with van der Waals surface area (Å²) in [5.74, 6) is -0.412. The molecule has 3 nitrogen and oxygen atoms in total. The molecule has 0 radical (unpaired) electrons. The number of hydrogen-bond donors (Lipinski definition) is 0. The van der Waals surface area contributed by atoms with Crippen molar-refractivity contribution in [1.82, 2.24) is 0 Å². The SMILES string of the molecule is C=C/C=C1\C(=C/C)C(=Nc2cccc(C(F)(F)F)c2)C(=O)N1c1ccccc1. The first-order valence-electron chi connectivity index (χ1n) is 8.52. The van der Waals surface area contributed by atoms with Gasteiger partial charge in [0.15, 0.2) is 0 Å². The molecule has 1 heterocycles. The second kappa shape index (κ2) is 7.68. The molecule has 2 aromatic carbocycles. The van der Waals surface area contributed by atoms with Crippen molar-refractivity contribution in [3.63, 3.8) is 0 Å². The van der Waals surface area contributed by atoms with Gasteiger partial charge in [-0.1, -0.05) is 43.0 Å². The average molecular weight is 382 g/mol. The number of carbonyl (C=O) groups excluding carboxylic acids is 1. The summed E-state index contributed by atoms with van der Waals surface area (Å²) >= 11 is 0. The van der Waals surface area contributed by atoms with Crippen molar-refractivity contribution < 1.29 is 18.0 Å². The van der Waals surface area contributed by atoms with Crippen LogP contribution in [0.2, 0.25) is 0 Å². The van der Waals surface area contributed by atoms with Crippen LogP contribution in [0.3, 0.4) is 0 Å². The molecular weight excluding hydrogens is 365 g/mol. The number of nitrogens with zero attached hydrogens (tertiary/aromatic N) is 2. The van der Waals surface area contributed by atoms with Crippen LogP contribution in [0.4, 0.5) is 24.5 Å². The van der Waals surface area contributed by atoms with E-state index in [0.29, 0.717) is 17.0 Å².